The first-order valence-corrected chi connectivity index (χ1v) is 8.55. The summed E-state index contributed by atoms with van der Waals surface area (Å²) in [5.74, 6) is 1.08. The lowest BCUT2D eigenvalue weighted by Gasteiger charge is -2.41. The van der Waals surface area contributed by atoms with E-state index in [1.54, 1.807) is 0 Å². The number of carbonyl (C=O) groups excluding carboxylic acids is 1. The van der Waals surface area contributed by atoms with Crippen LogP contribution in [-0.4, -0.2) is 87.4 Å². The number of aliphatic imine (C=N–C) groups is 1. The Morgan fingerprint density at radius 3 is 2.42 bits per heavy atom. The fraction of sp³-hybridized carbons (Fsp3) is 0.875. The van der Waals surface area contributed by atoms with Crippen LogP contribution in [0.4, 0.5) is 0 Å². The van der Waals surface area contributed by atoms with Crippen LogP contribution in [0, 0.1) is 5.41 Å². The van der Waals surface area contributed by atoms with Gasteiger partial charge in [0, 0.05) is 51.8 Å². The molecule has 138 valence electrons. The number of nitrogens with one attached hydrogen (secondary N) is 1. The van der Waals surface area contributed by atoms with Gasteiger partial charge in [-0.05, 0) is 12.8 Å². The first-order valence-electron chi connectivity index (χ1n) is 8.55. The second kappa shape index (κ2) is 8.66. The van der Waals surface area contributed by atoms with Crippen LogP contribution in [0.3, 0.4) is 0 Å². The molecule has 0 aromatic rings. The summed E-state index contributed by atoms with van der Waals surface area (Å²) in [5, 5.41) is 3.45. The van der Waals surface area contributed by atoms with Gasteiger partial charge >= 0.3 is 0 Å². The molecular weight excluding hydrogens is 423 g/mol. The Hall–Kier alpha value is -0.610. The number of hydrogen-bond acceptors (Lipinski definition) is 4. The predicted octanol–water partition coefficient (Wildman–Crippen LogP) is 0.540. The summed E-state index contributed by atoms with van der Waals surface area (Å²) in [6.07, 6.45) is 1.65. The lowest BCUT2D eigenvalue weighted by molar-refractivity contribution is -0.142. The molecule has 3 aliphatic rings. The molecule has 24 heavy (non-hydrogen) atoms. The molecule has 3 rings (SSSR count). The number of guanidine groups is 1. The molecule has 0 bridgehead atoms. The molecule has 1 unspecified atom stereocenters. The van der Waals surface area contributed by atoms with E-state index in [9.17, 15) is 4.79 Å². The Morgan fingerprint density at radius 1 is 1.25 bits per heavy atom. The molecule has 1 amide bonds. The second-order valence-corrected chi connectivity index (χ2v) is 7.02. The van der Waals surface area contributed by atoms with Gasteiger partial charge in [0.05, 0.1) is 13.2 Å². The van der Waals surface area contributed by atoms with E-state index in [0.29, 0.717) is 0 Å². The van der Waals surface area contributed by atoms with Crippen molar-refractivity contribution in [1.82, 2.24) is 15.1 Å². The molecule has 3 heterocycles. The maximum Gasteiger partial charge on any atom is 0.251 e. The van der Waals surface area contributed by atoms with E-state index in [4.69, 9.17) is 9.47 Å². The van der Waals surface area contributed by atoms with Gasteiger partial charge in [-0.15, -0.1) is 24.0 Å². The molecule has 0 saturated carbocycles. The molecule has 0 spiro atoms. The lowest BCUT2D eigenvalue weighted by Crippen LogP contribution is -2.57. The van der Waals surface area contributed by atoms with Crippen LogP contribution in [0.25, 0.3) is 0 Å². The highest BCUT2D eigenvalue weighted by Crippen LogP contribution is 2.25. The number of rotatable bonds is 3. The highest BCUT2D eigenvalue weighted by molar-refractivity contribution is 14.0. The van der Waals surface area contributed by atoms with Gasteiger partial charge in [-0.2, -0.15) is 0 Å². The van der Waals surface area contributed by atoms with Gasteiger partial charge in [-0.1, -0.05) is 6.92 Å². The van der Waals surface area contributed by atoms with Gasteiger partial charge in [0.1, 0.15) is 6.10 Å². The number of halogens is 1. The molecular formula is C16H29IN4O3. The third kappa shape index (κ3) is 4.51. The van der Waals surface area contributed by atoms with Crippen molar-refractivity contribution in [3.8, 4) is 0 Å². The molecule has 8 heteroatoms. The van der Waals surface area contributed by atoms with Crippen molar-refractivity contribution in [2.75, 3.05) is 59.6 Å². The highest BCUT2D eigenvalue weighted by Gasteiger charge is 2.34. The predicted molar refractivity (Wildman–Crippen MR) is 103 cm³/mol. The standard InChI is InChI=1S/C16H28N4O3.HI/c1-16(11-22-12-16)10-18-15(17-2)20-7-5-19(6-8-20)14(21)13-4-3-9-23-13;/h13H,3-12H2,1-2H3,(H,17,18);1H. The highest BCUT2D eigenvalue weighted by atomic mass is 127. The molecule has 0 aromatic heterocycles. The van der Waals surface area contributed by atoms with E-state index in [1.807, 2.05) is 11.9 Å². The number of nitrogens with zero attached hydrogens (tertiary/aromatic N) is 3. The van der Waals surface area contributed by atoms with Crippen molar-refractivity contribution >= 4 is 35.8 Å². The van der Waals surface area contributed by atoms with E-state index in [-0.39, 0.29) is 41.4 Å². The van der Waals surface area contributed by atoms with Crippen molar-refractivity contribution in [2.24, 2.45) is 10.4 Å². The van der Waals surface area contributed by atoms with Gasteiger partial charge in [0.25, 0.3) is 5.91 Å². The largest absolute Gasteiger partial charge is 0.380 e. The van der Waals surface area contributed by atoms with Crippen LogP contribution >= 0.6 is 24.0 Å². The fourth-order valence-corrected chi connectivity index (χ4v) is 3.29. The van der Waals surface area contributed by atoms with E-state index >= 15 is 0 Å². The Labute approximate surface area is 161 Å². The maximum absolute atomic E-state index is 12.4. The summed E-state index contributed by atoms with van der Waals surface area (Å²) in [6, 6.07) is 0. The monoisotopic (exact) mass is 452 g/mol. The van der Waals surface area contributed by atoms with Gasteiger partial charge in [-0.25, -0.2) is 0 Å². The topological polar surface area (TPSA) is 66.4 Å². The SMILES string of the molecule is CN=C(NCC1(C)COC1)N1CCN(C(=O)C2CCCO2)CC1.I. The van der Waals surface area contributed by atoms with Crippen LogP contribution in [0.2, 0.25) is 0 Å². The van der Waals surface area contributed by atoms with Crippen LogP contribution in [0.1, 0.15) is 19.8 Å². The number of ether oxygens (including phenoxy) is 2. The maximum atomic E-state index is 12.4. The molecule has 0 aromatic carbocycles. The normalized spacial score (nSPS) is 26.6. The van der Waals surface area contributed by atoms with Crippen LogP contribution in [-0.2, 0) is 14.3 Å². The summed E-state index contributed by atoms with van der Waals surface area (Å²) >= 11 is 0. The first-order chi connectivity index (χ1) is 11.1. The number of carbonyl (C=O) groups is 1. The summed E-state index contributed by atoms with van der Waals surface area (Å²) in [6.45, 7) is 8.51. The summed E-state index contributed by atoms with van der Waals surface area (Å²) in [7, 11) is 1.81. The third-order valence-corrected chi connectivity index (χ3v) is 4.88. The minimum absolute atomic E-state index is 0. The minimum atomic E-state index is -0.211. The quantitative estimate of drug-likeness (QED) is 0.385. The Bertz CT molecular complexity index is 456. The molecule has 7 nitrogen and oxygen atoms in total. The third-order valence-electron chi connectivity index (χ3n) is 4.88. The average molecular weight is 452 g/mol. The van der Waals surface area contributed by atoms with Crippen molar-refractivity contribution in [1.29, 1.82) is 0 Å². The Kier molecular flexibility index (Phi) is 7.11. The van der Waals surface area contributed by atoms with Crippen molar-refractivity contribution in [2.45, 2.75) is 25.9 Å². The second-order valence-electron chi connectivity index (χ2n) is 7.02. The Morgan fingerprint density at radius 2 is 1.92 bits per heavy atom. The Balaban J connectivity index is 0.00000208. The van der Waals surface area contributed by atoms with E-state index in [2.05, 4.69) is 22.1 Å². The molecule has 0 radical (unpaired) electrons. The first kappa shape index (κ1) is 19.7. The molecule has 3 aliphatic heterocycles. The van der Waals surface area contributed by atoms with E-state index in [0.717, 1.165) is 71.3 Å². The number of piperazine rings is 1. The fourth-order valence-electron chi connectivity index (χ4n) is 3.29. The zero-order valence-electron chi connectivity index (χ0n) is 14.6. The summed E-state index contributed by atoms with van der Waals surface area (Å²) in [5.41, 5.74) is 0.216. The van der Waals surface area contributed by atoms with E-state index in [1.165, 1.54) is 0 Å². The van der Waals surface area contributed by atoms with Crippen molar-refractivity contribution in [3.05, 3.63) is 0 Å². The van der Waals surface area contributed by atoms with Gasteiger partial charge in [0.2, 0.25) is 0 Å². The molecule has 1 N–H and O–H groups in total. The molecule has 3 saturated heterocycles. The lowest BCUT2D eigenvalue weighted by atomic mass is 9.89. The summed E-state index contributed by atoms with van der Waals surface area (Å²) in [4.78, 5) is 20.9. The van der Waals surface area contributed by atoms with Crippen LogP contribution < -0.4 is 5.32 Å². The minimum Gasteiger partial charge on any atom is -0.380 e. The van der Waals surface area contributed by atoms with Crippen molar-refractivity contribution in [3.63, 3.8) is 0 Å². The number of hydrogen-bond donors (Lipinski definition) is 1. The average Bonchev–Trinajstić information content (AvgIpc) is 3.08. The van der Waals surface area contributed by atoms with Crippen LogP contribution in [0.5, 0.6) is 0 Å². The zero-order valence-corrected chi connectivity index (χ0v) is 17.0. The molecule has 1 atom stereocenters. The number of amides is 1. The van der Waals surface area contributed by atoms with Gasteiger partial charge in [-0.3, -0.25) is 9.79 Å². The van der Waals surface area contributed by atoms with E-state index < -0.39 is 0 Å². The molecule has 3 fully saturated rings. The smallest absolute Gasteiger partial charge is 0.251 e. The van der Waals surface area contributed by atoms with Crippen LogP contribution in [0.15, 0.2) is 4.99 Å². The van der Waals surface area contributed by atoms with Gasteiger partial charge in [0.15, 0.2) is 5.96 Å². The molecule has 0 aliphatic carbocycles. The van der Waals surface area contributed by atoms with Gasteiger partial charge < -0.3 is 24.6 Å². The zero-order chi connectivity index (χ0) is 16.3. The van der Waals surface area contributed by atoms with Crippen molar-refractivity contribution < 1.29 is 14.3 Å². The summed E-state index contributed by atoms with van der Waals surface area (Å²) < 4.78 is 10.8.